The third kappa shape index (κ3) is 3.12. The van der Waals surface area contributed by atoms with Crippen molar-refractivity contribution in [2.24, 2.45) is 13.0 Å². The molecule has 0 spiro atoms. The van der Waals surface area contributed by atoms with Crippen molar-refractivity contribution >= 4 is 17.4 Å². The molecular formula is C20H26N6O2. The summed E-state index contributed by atoms with van der Waals surface area (Å²) in [7, 11) is 1.96. The van der Waals surface area contributed by atoms with Crippen molar-refractivity contribution in [3.8, 4) is 11.5 Å². The maximum Gasteiger partial charge on any atom is 0.309 e. The molecule has 3 aromatic heterocycles. The van der Waals surface area contributed by atoms with Crippen LogP contribution in [-0.2, 0) is 16.6 Å². The number of rotatable bonds is 4. The molecule has 1 aliphatic heterocycles. The normalized spacial score (nSPS) is 15.4. The quantitative estimate of drug-likeness (QED) is 0.646. The Bertz CT molecular complexity index is 1010. The average Bonchev–Trinajstić information content (AvgIpc) is 3.29. The van der Waals surface area contributed by atoms with E-state index in [0.717, 1.165) is 60.2 Å². The maximum atomic E-state index is 12.1. The second-order valence-electron chi connectivity index (χ2n) is 7.32. The summed E-state index contributed by atoms with van der Waals surface area (Å²) in [6.07, 6.45) is 5.25. The van der Waals surface area contributed by atoms with Gasteiger partial charge in [0.1, 0.15) is 11.5 Å². The number of ether oxygens (including phenoxy) is 1. The Morgan fingerprint density at radius 2 is 2.04 bits per heavy atom. The topological polar surface area (TPSA) is 77.5 Å². The van der Waals surface area contributed by atoms with Crippen molar-refractivity contribution < 1.29 is 9.53 Å². The van der Waals surface area contributed by atoms with Gasteiger partial charge in [-0.3, -0.25) is 4.79 Å². The van der Waals surface area contributed by atoms with E-state index in [1.807, 2.05) is 42.2 Å². The highest BCUT2D eigenvalue weighted by atomic mass is 16.5. The molecule has 1 fully saturated rings. The van der Waals surface area contributed by atoms with Gasteiger partial charge in [0.25, 0.3) is 0 Å². The predicted octanol–water partition coefficient (Wildman–Crippen LogP) is 2.53. The molecule has 1 aliphatic rings. The first-order valence-corrected chi connectivity index (χ1v) is 9.75. The number of imidazole rings is 1. The third-order valence-electron chi connectivity index (χ3n) is 5.52. The van der Waals surface area contributed by atoms with E-state index >= 15 is 0 Å². The van der Waals surface area contributed by atoms with E-state index in [-0.39, 0.29) is 11.9 Å². The van der Waals surface area contributed by atoms with Crippen LogP contribution in [0.25, 0.3) is 17.2 Å². The van der Waals surface area contributed by atoms with Crippen LogP contribution >= 0.6 is 0 Å². The van der Waals surface area contributed by atoms with Crippen molar-refractivity contribution in [1.29, 1.82) is 0 Å². The number of piperidine rings is 1. The summed E-state index contributed by atoms with van der Waals surface area (Å²) in [5, 5.41) is 4.81. The Morgan fingerprint density at radius 1 is 1.29 bits per heavy atom. The van der Waals surface area contributed by atoms with E-state index in [0.29, 0.717) is 6.61 Å². The lowest BCUT2D eigenvalue weighted by molar-refractivity contribution is -0.148. The van der Waals surface area contributed by atoms with Crippen molar-refractivity contribution in [2.75, 3.05) is 24.6 Å². The number of fused-ring (bicyclic) bond motifs is 1. The number of anilines is 1. The van der Waals surface area contributed by atoms with Gasteiger partial charge in [0, 0.05) is 49.9 Å². The molecule has 0 amide bonds. The molecule has 0 aromatic carbocycles. The summed E-state index contributed by atoms with van der Waals surface area (Å²) in [6.45, 7) is 7.98. The summed E-state index contributed by atoms with van der Waals surface area (Å²) in [4.78, 5) is 23.5. The van der Waals surface area contributed by atoms with Gasteiger partial charge in [-0.2, -0.15) is 9.61 Å². The number of carbonyl (C=O) groups is 1. The van der Waals surface area contributed by atoms with E-state index in [2.05, 4.69) is 16.8 Å². The van der Waals surface area contributed by atoms with Gasteiger partial charge in [0.2, 0.25) is 0 Å². The molecule has 0 saturated carbocycles. The predicted molar refractivity (Wildman–Crippen MR) is 106 cm³/mol. The van der Waals surface area contributed by atoms with Crippen LogP contribution in [0, 0.1) is 19.8 Å². The van der Waals surface area contributed by atoms with Gasteiger partial charge < -0.3 is 14.2 Å². The molecule has 8 heteroatoms. The first-order chi connectivity index (χ1) is 13.5. The van der Waals surface area contributed by atoms with Crippen LogP contribution in [0.15, 0.2) is 18.5 Å². The smallest absolute Gasteiger partial charge is 0.309 e. The van der Waals surface area contributed by atoms with E-state index in [1.54, 1.807) is 6.20 Å². The van der Waals surface area contributed by atoms with Crippen molar-refractivity contribution in [3.63, 3.8) is 0 Å². The summed E-state index contributed by atoms with van der Waals surface area (Å²) < 4.78 is 9.06. The highest BCUT2D eigenvalue weighted by molar-refractivity contribution is 5.73. The van der Waals surface area contributed by atoms with Gasteiger partial charge in [0.05, 0.1) is 12.5 Å². The molecule has 0 N–H and O–H groups in total. The number of carbonyl (C=O) groups excluding carboxylic acids is 1. The lowest BCUT2D eigenvalue weighted by atomic mass is 9.96. The Kier molecular flexibility index (Phi) is 4.78. The van der Waals surface area contributed by atoms with Crippen LogP contribution in [-0.4, -0.2) is 49.8 Å². The Labute approximate surface area is 164 Å². The fourth-order valence-electron chi connectivity index (χ4n) is 3.86. The zero-order valence-electron chi connectivity index (χ0n) is 16.8. The highest BCUT2D eigenvalue weighted by Crippen LogP contribution is 2.30. The van der Waals surface area contributed by atoms with Crippen LogP contribution in [0.2, 0.25) is 0 Å². The van der Waals surface area contributed by atoms with Gasteiger partial charge in [-0.05, 0) is 33.6 Å². The zero-order chi connectivity index (χ0) is 19.8. The Morgan fingerprint density at radius 3 is 2.68 bits per heavy atom. The molecule has 1 saturated heterocycles. The summed E-state index contributed by atoms with van der Waals surface area (Å²) in [5.41, 5.74) is 3.70. The van der Waals surface area contributed by atoms with Crippen LogP contribution < -0.4 is 4.90 Å². The van der Waals surface area contributed by atoms with Crippen LogP contribution in [0.4, 0.5) is 5.82 Å². The first-order valence-electron chi connectivity index (χ1n) is 9.75. The first kappa shape index (κ1) is 18.5. The van der Waals surface area contributed by atoms with Crippen LogP contribution in [0.3, 0.4) is 0 Å². The van der Waals surface area contributed by atoms with E-state index in [1.165, 1.54) is 0 Å². The molecule has 148 valence electrons. The number of nitrogens with zero attached hydrogens (tertiary/aromatic N) is 6. The minimum atomic E-state index is -0.0777. The van der Waals surface area contributed by atoms with Gasteiger partial charge in [-0.15, -0.1) is 0 Å². The minimum absolute atomic E-state index is 0.0179. The summed E-state index contributed by atoms with van der Waals surface area (Å²) >= 11 is 0. The molecule has 0 bridgehead atoms. The second-order valence-corrected chi connectivity index (χ2v) is 7.32. The molecule has 8 nitrogen and oxygen atoms in total. The SMILES string of the molecule is CCOC(=O)C1CCN(c2c(C)c(C)nc3cc(-c4nccn4C)nn23)CC1. The molecule has 3 aromatic rings. The van der Waals surface area contributed by atoms with Gasteiger partial charge in [0.15, 0.2) is 11.5 Å². The van der Waals surface area contributed by atoms with Gasteiger partial charge in [-0.25, -0.2) is 9.97 Å². The van der Waals surface area contributed by atoms with Crippen molar-refractivity contribution in [3.05, 3.63) is 29.7 Å². The Balaban J connectivity index is 1.69. The zero-order valence-corrected chi connectivity index (χ0v) is 16.8. The van der Waals surface area contributed by atoms with Crippen molar-refractivity contribution in [2.45, 2.75) is 33.6 Å². The number of hydrogen-bond acceptors (Lipinski definition) is 6. The van der Waals surface area contributed by atoms with E-state index in [4.69, 9.17) is 14.8 Å². The summed E-state index contributed by atoms with van der Waals surface area (Å²) in [5.74, 6) is 1.76. The van der Waals surface area contributed by atoms with E-state index in [9.17, 15) is 4.79 Å². The molecule has 4 rings (SSSR count). The summed E-state index contributed by atoms with van der Waals surface area (Å²) in [6, 6.07) is 1.98. The number of aryl methyl sites for hydroxylation is 2. The van der Waals surface area contributed by atoms with Gasteiger partial charge in [-0.1, -0.05) is 0 Å². The highest BCUT2D eigenvalue weighted by Gasteiger charge is 2.28. The molecule has 0 radical (unpaired) electrons. The monoisotopic (exact) mass is 382 g/mol. The molecule has 28 heavy (non-hydrogen) atoms. The lowest BCUT2D eigenvalue weighted by Gasteiger charge is -2.33. The average molecular weight is 382 g/mol. The number of hydrogen-bond donors (Lipinski definition) is 0. The van der Waals surface area contributed by atoms with Gasteiger partial charge >= 0.3 is 5.97 Å². The molecular weight excluding hydrogens is 356 g/mol. The minimum Gasteiger partial charge on any atom is -0.466 e. The van der Waals surface area contributed by atoms with E-state index < -0.39 is 0 Å². The third-order valence-corrected chi connectivity index (χ3v) is 5.52. The maximum absolute atomic E-state index is 12.1. The second kappa shape index (κ2) is 7.26. The number of aromatic nitrogens is 5. The molecule has 0 atom stereocenters. The van der Waals surface area contributed by atoms with Crippen LogP contribution in [0.5, 0.6) is 0 Å². The lowest BCUT2D eigenvalue weighted by Crippen LogP contribution is -2.38. The standard InChI is InChI=1S/C20H26N6O2/c1-5-28-20(27)15-6-9-25(10-7-15)19-13(2)14(3)22-17-12-16(23-26(17)19)18-21-8-11-24(18)4/h8,11-12,15H,5-7,9-10H2,1-4H3. The molecule has 0 aliphatic carbocycles. The van der Waals surface area contributed by atoms with Crippen molar-refractivity contribution in [1.82, 2.24) is 24.1 Å². The number of esters is 1. The molecule has 4 heterocycles. The fourth-order valence-corrected chi connectivity index (χ4v) is 3.86. The molecule has 0 unspecified atom stereocenters. The largest absolute Gasteiger partial charge is 0.466 e. The Hall–Kier alpha value is -2.90. The van der Waals surface area contributed by atoms with Crippen LogP contribution in [0.1, 0.15) is 31.0 Å². The fraction of sp³-hybridized carbons (Fsp3) is 0.500.